The Bertz CT molecular complexity index is 306. The Morgan fingerprint density at radius 3 is 3.08 bits per heavy atom. The van der Waals surface area contributed by atoms with E-state index in [0.717, 1.165) is 30.9 Å². The molecule has 0 aliphatic carbocycles. The van der Waals surface area contributed by atoms with Gasteiger partial charge >= 0.3 is 0 Å². The smallest absolute Gasteiger partial charge is 0.150 e. The maximum absolute atomic E-state index is 6.03. The van der Waals surface area contributed by atoms with Crippen LogP contribution in [0.3, 0.4) is 0 Å². The van der Waals surface area contributed by atoms with Gasteiger partial charge in [0.15, 0.2) is 5.15 Å². The third kappa shape index (κ3) is 1.58. The molecule has 72 valence electrons. The van der Waals surface area contributed by atoms with Crippen molar-refractivity contribution in [2.75, 3.05) is 6.54 Å². The fraction of sp³-hybridized carbons (Fsp3) is 0.667. The molecular weight excluding hydrogens is 186 g/mol. The van der Waals surface area contributed by atoms with Crippen molar-refractivity contribution in [3.63, 3.8) is 0 Å². The summed E-state index contributed by atoms with van der Waals surface area (Å²) in [6.45, 7) is 1.70. The van der Waals surface area contributed by atoms with Crippen LogP contribution in [0.1, 0.15) is 24.4 Å². The first-order valence-electron chi connectivity index (χ1n) is 4.76. The van der Waals surface area contributed by atoms with E-state index < -0.39 is 0 Å². The minimum atomic E-state index is 0.644. The molecule has 0 fully saturated rings. The molecule has 0 spiro atoms. The highest BCUT2D eigenvalue weighted by Gasteiger charge is 2.17. The zero-order valence-corrected chi connectivity index (χ0v) is 8.35. The molecule has 13 heavy (non-hydrogen) atoms. The molecular formula is C9H14ClN3. The molecule has 0 bridgehead atoms. The van der Waals surface area contributed by atoms with Crippen LogP contribution in [0.4, 0.5) is 0 Å². The normalized spacial score (nSPS) is 15.8. The molecule has 0 saturated carbocycles. The molecule has 0 aromatic carbocycles. The van der Waals surface area contributed by atoms with E-state index in [9.17, 15) is 0 Å². The van der Waals surface area contributed by atoms with Gasteiger partial charge in [0.05, 0.1) is 5.69 Å². The quantitative estimate of drug-likeness (QED) is 0.782. The molecule has 0 amide bonds. The molecule has 4 heteroatoms. The van der Waals surface area contributed by atoms with Gasteiger partial charge in [-0.2, -0.15) is 0 Å². The maximum Gasteiger partial charge on any atom is 0.150 e. The van der Waals surface area contributed by atoms with E-state index >= 15 is 0 Å². The maximum atomic E-state index is 6.03. The number of aromatic nitrogens is 2. The Labute approximate surface area is 82.9 Å². The van der Waals surface area contributed by atoms with Crippen molar-refractivity contribution in [3.8, 4) is 0 Å². The SMILES string of the molecule is NCCc1c(Cl)nc2n1CCCC2. The van der Waals surface area contributed by atoms with Gasteiger partial charge in [-0.3, -0.25) is 0 Å². The summed E-state index contributed by atoms with van der Waals surface area (Å²) in [6, 6.07) is 0. The first-order chi connectivity index (χ1) is 6.33. The molecule has 2 rings (SSSR count). The standard InChI is InChI=1S/C9H14ClN3/c10-9-7(4-5-11)13-6-2-1-3-8(13)12-9/h1-6,11H2. The third-order valence-corrected chi connectivity index (χ3v) is 2.82. The van der Waals surface area contributed by atoms with Gasteiger partial charge in [-0.05, 0) is 19.4 Å². The lowest BCUT2D eigenvalue weighted by Gasteiger charge is -2.15. The predicted octanol–water partition coefficient (Wildman–Crippen LogP) is 1.37. The van der Waals surface area contributed by atoms with Crippen molar-refractivity contribution >= 4 is 11.6 Å². The van der Waals surface area contributed by atoms with E-state index in [1.165, 1.54) is 12.8 Å². The van der Waals surface area contributed by atoms with Crippen LogP contribution in [-0.4, -0.2) is 16.1 Å². The Hall–Kier alpha value is -0.540. The van der Waals surface area contributed by atoms with E-state index in [1.807, 2.05) is 0 Å². The Morgan fingerprint density at radius 2 is 2.31 bits per heavy atom. The number of nitrogens with zero attached hydrogens (tertiary/aromatic N) is 2. The second kappa shape index (κ2) is 3.68. The molecule has 1 aliphatic rings. The molecule has 1 aromatic rings. The van der Waals surface area contributed by atoms with Crippen molar-refractivity contribution in [2.24, 2.45) is 5.73 Å². The summed E-state index contributed by atoms with van der Waals surface area (Å²) in [5, 5.41) is 0.655. The molecule has 1 aliphatic heterocycles. The highest BCUT2D eigenvalue weighted by molar-refractivity contribution is 6.30. The fourth-order valence-corrected chi connectivity index (χ4v) is 2.18. The van der Waals surface area contributed by atoms with Crippen LogP contribution < -0.4 is 5.73 Å². The molecule has 2 N–H and O–H groups in total. The van der Waals surface area contributed by atoms with E-state index in [4.69, 9.17) is 17.3 Å². The summed E-state index contributed by atoms with van der Waals surface area (Å²) in [4.78, 5) is 4.34. The topological polar surface area (TPSA) is 43.8 Å². The zero-order chi connectivity index (χ0) is 9.26. The van der Waals surface area contributed by atoms with Crippen molar-refractivity contribution in [1.82, 2.24) is 9.55 Å². The van der Waals surface area contributed by atoms with Gasteiger partial charge in [-0.1, -0.05) is 11.6 Å². The van der Waals surface area contributed by atoms with Crippen LogP contribution in [0, 0.1) is 0 Å². The number of aryl methyl sites for hydroxylation is 1. The Kier molecular flexibility index (Phi) is 2.56. The number of rotatable bonds is 2. The average Bonchev–Trinajstić information content (AvgIpc) is 2.44. The number of imidazole rings is 1. The zero-order valence-electron chi connectivity index (χ0n) is 7.59. The molecule has 0 unspecified atom stereocenters. The van der Waals surface area contributed by atoms with Crippen molar-refractivity contribution in [1.29, 1.82) is 0 Å². The van der Waals surface area contributed by atoms with Gasteiger partial charge in [0.1, 0.15) is 5.82 Å². The fourth-order valence-electron chi connectivity index (χ4n) is 1.89. The van der Waals surface area contributed by atoms with Crippen molar-refractivity contribution < 1.29 is 0 Å². The van der Waals surface area contributed by atoms with Gasteiger partial charge in [-0.25, -0.2) is 4.98 Å². The summed E-state index contributed by atoms with van der Waals surface area (Å²) in [5.41, 5.74) is 6.65. The minimum absolute atomic E-state index is 0.644. The van der Waals surface area contributed by atoms with Crippen molar-refractivity contribution in [2.45, 2.75) is 32.2 Å². The average molecular weight is 200 g/mol. The first kappa shape index (κ1) is 9.03. The molecule has 3 nitrogen and oxygen atoms in total. The highest BCUT2D eigenvalue weighted by Crippen LogP contribution is 2.23. The largest absolute Gasteiger partial charge is 0.331 e. The Morgan fingerprint density at radius 1 is 1.46 bits per heavy atom. The summed E-state index contributed by atoms with van der Waals surface area (Å²) in [7, 11) is 0. The number of fused-ring (bicyclic) bond motifs is 1. The number of hydrogen-bond donors (Lipinski definition) is 1. The second-order valence-corrected chi connectivity index (χ2v) is 3.77. The lowest BCUT2D eigenvalue weighted by atomic mass is 10.1. The van der Waals surface area contributed by atoms with E-state index in [1.54, 1.807) is 0 Å². The molecule has 2 heterocycles. The highest BCUT2D eigenvalue weighted by atomic mass is 35.5. The van der Waals surface area contributed by atoms with Crippen LogP contribution >= 0.6 is 11.6 Å². The molecule has 0 radical (unpaired) electrons. The second-order valence-electron chi connectivity index (χ2n) is 3.41. The van der Waals surface area contributed by atoms with Crippen LogP contribution in [0.2, 0.25) is 5.15 Å². The van der Waals surface area contributed by atoms with Crippen molar-refractivity contribution in [3.05, 3.63) is 16.7 Å². The number of halogens is 1. The molecule has 1 aromatic heterocycles. The van der Waals surface area contributed by atoms with Crippen LogP contribution in [0.25, 0.3) is 0 Å². The molecule has 0 atom stereocenters. The van der Waals surface area contributed by atoms with Gasteiger partial charge in [0.25, 0.3) is 0 Å². The van der Waals surface area contributed by atoms with Gasteiger partial charge in [0, 0.05) is 19.4 Å². The monoisotopic (exact) mass is 199 g/mol. The van der Waals surface area contributed by atoms with Crippen LogP contribution in [0.15, 0.2) is 0 Å². The number of nitrogens with two attached hydrogens (primary N) is 1. The lowest BCUT2D eigenvalue weighted by molar-refractivity contribution is 0.508. The molecule has 0 saturated heterocycles. The van der Waals surface area contributed by atoms with E-state index in [2.05, 4.69) is 9.55 Å². The first-order valence-corrected chi connectivity index (χ1v) is 5.14. The number of hydrogen-bond acceptors (Lipinski definition) is 2. The minimum Gasteiger partial charge on any atom is -0.331 e. The van der Waals surface area contributed by atoms with E-state index in [-0.39, 0.29) is 0 Å². The Balaban J connectivity index is 2.36. The summed E-state index contributed by atoms with van der Waals surface area (Å²) in [5.74, 6) is 1.14. The predicted molar refractivity (Wildman–Crippen MR) is 52.9 cm³/mol. The van der Waals surface area contributed by atoms with Gasteiger partial charge in [0.2, 0.25) is 0 Å². The van der Waals surface area contributed by atoms with E-state index in [0.29, 0.717) is 11.7 Å². The van der Waals surface area contributed by atoms with Gasteiger partial charge < -0.3 is 10.3 Å². The van der Waals surface area contributed by atoms with Gasteiger partial charge in [-0.15, -0.1) is 0 Å². The summed E-state index contributed by atoms with van der Waals surface area (Å²) >= 11 is 6.03. The summed E-state index contributed by atoms with van der Waals surface area (Å²) in [6.07, 6.45) is 4.36. The van der Waals surface area contributed by atoms with Crippen LogP contribution in [0.5, 0.6) is 0 Å². The third-order valence-electron chi connectivity index (χ3n) is 2.52. The van der Waals surface area contributed by atoms with Crippen LogP contribution in [-0.2, 0) is 19.4 Å². The lowest BCUT2D eigenvalue weighted by Crippen LogP contribution is -2.15. The summed E-state index contributed by atoms with van der Waals surface area (Å²) < 4.78 is 2.23.